The van der Waals surface area contributed by atoms with Gasteiger partial charge < -0.3 is 9.47 Å². The summed E-state index contributed by atoms with van der Waals surface area (Å²) < 4.78 is 10.9. The van der Waals surface area contributed by atoms with Gasteiger partial charge in [-0.05, 0) is 45.0 Å². The molecule has 2 saturated heterocycles. The summed E-state index contributed by atoms with van der Waals surface area (Å²) in [6, 6.07) is 6.33. The second kappa shape index (κ2) is 5.02. The molecule has 1 aromatic rings. The van der Waals surface area contributed by atoms with E-state index < -0.39 is 29.0 Å². The maximum atomic E-state index is 13.0. The Morgan fingerprint density at radius 3 is 2.08 bits per heavy atom. The molecule has 0 unspecified atom stereocenters. The molecule has 3 aliphatic rings. The van der Waals surface area contributed by atoms with Crippen LogP contribution in [0.15, 0.2) is 36.4 Å². The number of imide groups is 1. The summed E-state index contributed by atoms with van der Waals surface area (Å²) in [5, 5.41) is 0. The molecule has 6 heteroatoms. The van der Waals surface area contributed by atoms with Crippen molar-refractivity contribution in [1.82, 2.24) is 0 Å². The lowest BCUT2D eigenvalue weighted by atomic mass is 9.73. The van der Waals surface area contributed by atoms with E-state index in [0.29, 0.717) is 11.3 Å². The molecule has 6 nitrogen and oxygen atoms in total. The maximum Gasteiger partial charge on any atom is 0.338 e. The first-order valence-electron chi connectivity index (χ1n) is 8.36. The van der Waals surface area contributed by atoms with Crippen molar-refractivity contribution < 1.29 is 23.9 Å². The number of carbonyl (C=O) groups is 3. The molecular weight excluding hydrogens is 322 g/mol. The normalized spacial score (nSPS) is 35.4. The van der Waals surface area contributed by atoms with Crippen LogP contribution in [0.5, 0.6) is 0 Å². The molecule has 2 bridgehead atoms. The molecule has 4 atom stereocenters. The number of amides is 2. The van der Waals surface area contributed by atoms with E-state index in [1.807, 2.05) is 26.0 Å². The third-order valence-corrected chi connectivity index (χ3v) is 5.36. The molecule has 3 heterocycles. The van der Waals surface area contributed by atoms with Gasteiger partial charge >= 0.3 is 5.97 Å². The molecular formula is C19H19NO5. The average Bonchev–Trinajstić information content (AvgIpc) is 3.12. The van der Waals surface area contributed by atoms with Crippen LogP contribution in [0.2, 0.25) is 0 Å². The first kappa shape index (κ1) is 16.0. The molecule has 0 radical (unpaired) electrons. The topological polar surface area (TPSA) is 72.9 Å². The lowest BCUT2D eigenvalue weighted by molar-refractivity contribution is -0.128. The van der Waals surface area contributed by atoms with Gasteiger partial charge in [0.05, 0.1) is 40.9 Å². The minimum Gasteiger partial charge on any atom is -0.462 e. The number of hydrogen-bond donors (Lipinski definition) is 0. The molecule has 0 aromatic heterocycles. The van der Waals surface area contributed by atoms with Crippen LogP contribution >= 0.6 is 0 Å². The monoisotopic (exact) mass is 341 g/mol. The first-order chi connectivity index (χ1) is 11.8. The van der Waals surface area contributed by atoms with Gasteiger partial charge in [0, 0.05) is 0 Å². The summed E-state index contributed by atoms with van der Waals surface area (Å²) in [7, 11) is 0. The molecule has 25 heavy (non-hydrogen) atoms. The highest BCUT2D eigenvalue weighted by molar-refractivity contribution is 6.23. The second-order valence-corrected chi connectivity index (χ2v) is 7.04. The van der Waals surface area contributed by atoms with E-state index in [0.717, 1.165) is 0 Å². The predicted octanol–water partition coefficient (Wildman–Crippen LogP) is 2.09. The highest BCUT2D eigenvalue weighted by Gasteiger charge is 2.70. The van der Waals surface area contributed by atoms with Crippen molar-refractivity contribution in [3.05, 3.63) is 42.0 Å². The van der Waals surface area contributed by atoms with E-state index in [2.05, 4.69) is 0 Å². The first-order valence-corrected chi connectivity index (χ1v) is 8.36. The van der Waals surface area contributed by atoms with E-state index >= 15 is 0 Å². The van der Waals surface area contributed by atoms with Gasteiger partial charge in [-0.2, -0.15) is 0 Å². The van der Waals surface area contributed by atoms with Gasteiger partial charge in [0.15, 0.2) is 0 Å². The summed E-state index contributed by atoms with van der Waals surface area (Å²) in [4.78, 5) is 38.9. The van der Waals surface area contributed by atoms with E-state index in [4.69, 9.17) is 9.47 Å². The highest BCUT2D eigenvalue weighted by atomic mass is 16.5. The fourth-order valence-corrected chi connectivity index (χ4v) is 4.25. The minimum absolute atomic E-state index is 0.255. The number of esters is 1. The molecule has 0 saturated carbocycles. The largest absolute Gasteiger partial charge is 0.462 e. The summed E-state index contributed by atoms with van der Waals surface area (Å²) in [5.41, 5.74) is -0.643. The van der Waals surface area contributed by atoms with Crippen LogP contribution in [0.4, 0.5) is 5.69 Å². The van der Waals surface area contributed by atoms with Gasteiger partial charge in [0.1, 0.15) is 0 Å². The van der Waals surface area contributed by atoms with Gasteiger partial charge in [-0.15, -0.1) is 0 Å². The molecule has 3 aliphatic heterocycles. The highest BCUT2D eigenvalue weighted by Crippen LogP contribution is 2.57. The number of rotatable bonds is 3. The number of nitrogens with zero attached hydrogens (tertiary/aromatic N) is 1. The molecule has 0 N–H and O–H groups in total. The smallest absolute Gasteiger partial charge is 0.338 e. The predicted molar refractivity (Wildman–Crippen MR) is 88.9 cm³/mol. The molecule has 4 rings (SSSR count). The van der Waals surface area contributed by atoms with Crippen LogP contribution in [0.25, 0.3) is 0 Å². The lowest BCUT2D eigenvalue weighted by Gasteiger charge is -2.25. The number of anilines is 1. The van der Waals surface area contributed by atoms with Crippen LogP contribution < -0.4 is 4.90 Å². The zero-order valence-electron chi connectivity index (χ0n) is 14.3. The number of ether oxygens (including phenoxy) is 2. The number of fused-ring (bicyclic) bond motifs is 5. The van der Waals surface area contributed by atoms with E-state index in [-0.39, 0.29) is 18.4 Å². The third kappa shape index (κ3) is 2.03. The third-order valence-electron chi connectivity index (χ3n) is 5.36. The lowest BCUT2D eigenvalue weighted by Crippen LogP contribution is -2.39. The fraction of sp³-hybridized carbons (Fsp3) is 0.421. The molecule has 0 aliphatic carbocycles. The maximum absolute atomic E-state index is 13.0. The van der Waals surface area contributed by atoms with Crippen molar-refractivity contribution in [2.45, 2.75) is 32.0 Å². The SMILES string of the molecule is CCOC(=O)c1ccc(N2C(=O)[C@@H]3[C@H](C2=O)[C@@]2(C)C=C[C@@]3(C)O2)cc1. The second-order valence-electron chi connectivity index (χ2n) is 7.04. The molecule has 1 aromatic carbocycles. The molecule has 130 valence electrons. The van der Waals surface area contributed by atoms with Crippen molar-refractivity contribution in [2.75, 3.05) is 11.5 Å². The Morgan fingerprint density at radius 1 is 1.08 bits per heavy atom. The zero-order valence-corrected chi connectivity index (χ0v) is 14.3. The Kier molecular flexibility index (Phi) is 3.22. The van der Waals surface area contributed by atoms with Gasteiger partial charge in [0.2, 0.25) is 11.8 Å². The zero-order chi connectivity index (χ0) is 18.0. The van der Waals surface area contributed by atoms with Gasteiger partial charge in [-0.25, -0.2) is 9.69 Å². The summed E-state index contributed by atoms with van der Waals surface area (Å²) >= 11 is 0. The quantitative estimate of drug-likeness (QED) is 0.478. The standard InChI is InChI=1S/C19H19NO5/c1-4-24-17(23)11-5-7-12(8-6-11)20-15(21)13-14(16(20)22)19(3)10-9-18(13,2)25-19/h5-10,13-14H,4H2,1-3H3/t13-,14+,18-,19-/m1/s1. The Bertz CT molecular complexity index is 778. The summed E-state index contributed by atoms with van der Waals surface area (Å²) in [5.74, 6) is -1.97. The molecule has 2 amide bonds. The Labute approximate surface area is 145 Å². The Balaban J connectivity index is 1.66. The summed E-state index contributed by atoms with van der Waals surface area (Å²) in [6.07, 6.45) is 3.76. The number of carbonyl (C=O) groups excluding carboxylic acids is 3. The minimum atomic E-state index is -0.744. The van der Waals surface area contributed by atoms with Crippen LogP contribution in [-0.2, 0) is 19.1 Å². The fourth-order valence-electron chi connectivity index (χ4n) is 4.25. The van der Waals surface area contributed by atoms with Crippen LogP contribution in [0.3, 0.4) is 0 Å². The molecule has 0 spiro atoms. The van der Waals surface area contributed by atoms with Gasteiger partial charge in [0.25, 0.3) is 0 Å². The number of benzene rings is 1. The summed E-state index contributed by atoms with van der Waals surface area (Å²) in [6.45, 7) is 5.71. The van der Waals surface area contributed by atoms with E-state index in [1.54, 1.807) is 31.2 Å². The van der Waals surface area contributed by atoms with Crippen molar-refractivity contribution in [1.29, 1.82) is 0 Å². The van der Waals surface area contributed by atoms with Crippen LogP contribution in [0.1, 0.15) is 31.1 Å². The van der Waals surface area contributed by atoms with Crippen molar-refractivity contribution in [3.63, 3.8) is 0 Å². The average molecular weight is 341 g/mol. The Hall–Kier alpha value is -2.47. The van der Waals surface area contributed by atoms with Crippen LogP contribution in [-0.4, -0.2) is 35.6 Å². The number of hydrogen-bond acceptors (Lipinski definition) is 5. The van der Waals surface area contributed by atoms with E-state index in [1.165, 1.54) is 4.90 Å². The molecule has 2 fully saturated rings. The van der Waals surface area contributed by atoms with Crippen molar-refractivity contribution in [3.8, 4) is 0 Å². The Morgan fingerprint density at radius 2 is 1.60 bits per heavy atom. The van der Waals surface area contributed by atoms with Gasteiger partial charge in [-0.3, -0.25) is 9.59 Å². The van der Waals surface area contributed by atoms with Crippen LogP contribution in [0, 0.1) is 11.8 Å². The van der Waals surface area contributed by atoms with Crippen molar-refractivity contribution >= 4 is 23.5 Å². The van der Waals surface area contributed by atoms with Crippen molar-refractivity contribution in [2.24, 2.45) is 11.8 Å². The van der Waals surface area contributed by atoms with Gasteiger partial charge in [-0.1, -0.05) is 12.2 Å². The van der Waals surface area contributed by atoms with E-state index in [9.17, 15) is 14.4 Å².